The first-order chi connectivity index (χ1) is 11.6. The average Bonchev–Trinajstić information content (AvgIpc) is 2.51. The minimum Gasteiger partial charge on any atom is -0.346 e. The Kier molecular flexibility index (Phi) is 5.82. The lowest BCUT2D eigenvalue weighted by molar-refractivity contribution is 0.0950. The van der Waals surface area contributed by atoms with Crippen LogP contribution in [0, 0.1) is 0 Å². The second kappa shape index (κ2) is 7.51. The average molecular weight is 382 g/mol. The van der Waals surface area contributed by atoms with E-state index in [1.807, 2.05) is 6.07 Å². The number of amides is 1. The van der Waals surface area contributed by atoms with E-state index in [-0.39, 0.29) is 22.0 Å². The molecular weight excluding hydrogens is 362 g/mol. The van der Waals surface area contributed by atoms with Gasteiger partial charge in [-0.05, 0) is 51.1 Å². The SMILES string of the molecule is CC(C)(C)NS(=O)(=O)c1cc(C(=O)NCc2ccccn2)ccc1Cl. The minimum absolute atomic E-state index is 0.0537. The summed E-state index contributed by atoms with van der Waals surface area (Å²) < 4.78 is 27.5. The fourth-order valence-electron chi connectivity index (χ4n) is 2.08. The van der Waals surface area contributed by atoms with E-state index in [0.29, 0.717) is 5.69 Å². The lowest BCUT2D eigenvalue weighted by Crippen LogP contribution is -2.40. The van der Waals surface area contributed by atoms with Crippen LogP contribution in [0.3, 0.4) is 0 Å². The molecule has 6 nitrogen and oxygen atoms in total. The largest absolute Gasteiger partial charge is 0.346 e. The molecule has 1 aromatic carbocycles. The van der Waals surface area contributed by atoms with Gasteiger partial charge in [0.05, 0.1) is 17.3 Å². The topological polar surface area (TPSA) is 88.2 Å². The number of hydrogen-bond donors (Lipinski definition) is 2. The van der Waals surface area contributed by atoms with Gasteiger partial charge in [0.1, 0.15) is 4.90 Å². The number of nitrogens with one attached hydrogen (secondary N) is 2. The Bertz CT molecular complexity index is 862. The van der Waals surface area contributed by atoms with Gasteiger partial charge >= 0.3 is 0 Å². The molecule has 0 spiro atoms. The monoisotopic (exact) mass is 381 g/mol. The van der Waals surface area contributed by atoms with Crippen molar-refractivity contribution in [2.75, 3.05) is 0 Å². The summed E-state index contributed by atoms with van der Waals surface area (Å²) >= 11 is 6.03. The Morgan fingerprint density at radius 1 is 1.20 bits per heavy atom. The first kappa shape index (κ1) is 19.4. The summed E-state index contributed by atoms with van der Waals surface area (Å²) in [7, 11) is -3.85. The van der Waals surface area contributed by atoms with Crippen LogP contribution in [-0.2, 0) is 16.6 Å². The zero-order valence-corrected chi connectivity index (χ0v) is 15.8. The molecule has 0 aliphatic carbocycles. The third-order valence-corrected chi connectivity index (χ3v) is 5.32. The van der Waals surface area contributed by atoms with E-state index < -0.39 is 21.5 Å². The van der Waals surface area contributed by atoms with Crippen LogP contribution in [-0.4, -0.2) is 24.8 Å². The van der Waals surface area contributed by atoms with Gasteiger partial charge in [0.2, 0.25) is 10.0 Å². The zero-order valence-electron chi connectivity index (χ0n) is 14.2. The number of carbonyl (C=O) groups is 1. The molecule has 2 N–H and O–H groups in total. The summed E-state index contributed by atoms with van der Waals surface area (Å²) in [5.41, 5.74) is 0.237. The molecule has 0 atom stereocenters. The van der Waals surface area contributed by atoms with Crippen LogP contribution >= 0.6 is 11.6 Å². The molecular formula is C17H20ClN3O3S. The molecule has 0 saturated carbocycles. The van der Waals surface area contributed by atoms with Crippen molar-refractivity contribution in [3.05, 3.63) is 58.9 Å². The quantitative estimate of drug-likeness (QED) is 0.833. The van der Waals surface area contributed by atoms with E-state index in [1.165, 1.54) is 18.2 Å². The highest BCUT2D eigenvalue weighted by molar-refractivity contribution is 7.89. The lowest BCUT2D eigenvalue weighted by Gasteiger charge is -2.21. The van der Waals surface area contributed by atoms with Gasteiger partial charge in [-0.3, -0.25) is 9.78 Å². The van der Waals surface area contributed by atoms with E-state index in [0.717, 1.165) is 0 Å². The molecule has 134 valence electrons. The first-order valence-electron chi connectivity index (χ1n) is 7.60. The molecule has 8 heteroatoms. The maximum atomic E-state index is 12.5. The van der Waals surface area contributed by atoms with E-state index in [2.05, 4.69) is 15.0 Å². The van der Waals surface area contributed by atoms with Crippen LogP contribution in [0.15, 0.2) is 47.5 Å². The summed E-state index contributed by atoms with van der Waals surface area (Å²) in [6.07, 6.45) is 1.63. The summed E-state index contributed by atoms with van der Waals surface area (Å²) in [5, 5.41) is 2.76. The number of hydrogen-bond acceptors (Lipinski definition) is 4. The minimum atomic E-state index is -3.85. The molecule has 1 heterocycles. The fourth-order valence-corrected chi connectivity index (χ4v) is 4.03. The Labute approximate surface area is 152 Å². The Hall–Kier alpha value is -1.96. The highest BCUT2D eigenvalue weighted by atomic mass is 35.5. The molecule has 1 amide bonds. The fraction of sp³-hybridized carbons (Fsp3) is 0.294. The third-order valence-electron chi connectivity index (χ3n) is 3.08. The molecule has 1 aromatic heterocycles. The van der Waals surface area contributed by atoms with Gasteiger partial charge in [0.15, 0.2) is 0 Å². The highest BCUT2D eigenvalue weighted by Crippen LogP contribution is 2.24. The number of nitrogens with zero attached hydrogens (tertiary/aromatic N) is 1. The molecule has 0 aliphatic rings. The van der Waals surface area contributed by atoms with Crippen molar-refractivity contribution in [1.82, 2.24) is 15.0 Å². The van der Waals surface area contributed by atoms with Gasteiger partial charge < -0.3 is 5.32 Å². The molecule has 0 radical (unpaired) electrons. The van der Waals surface area contributed by atoms with Crippen molar-refractivity contribution in [2.24, 2.45) is 0 Å². The number of pyridine rings is 1. The van der Waals surface area contributed by atoms with Crippen molar-refractivity contribution in [3.8, 4) is 0 Å². The van der Waals surface area contributed by atoms with Crippen LogP contribution < -0.4 is 10.0 Å². The van der Waals surface area contributed by atoms with Crippen molar-refractivity contribution in [1.29, 1.82) is 0 Å². The Morgan fingerprint density at radius 2 is 1.92 bits per heavy atom. The molecule has 0 unspecified atom stereocenters. The number of aromatic nitrogens is 1. The molecule has 2 rings (SSSR count). The van der Waals surface area contributed by atoms with Crippen molar-refractivity contribution in [3.63, 3.8) is 0 Å². The van der Waals surface area contributed by atoms with Crippen LogP contribution in [0.2, 0.25) is 5.02 Å². The maximum absolute atomic E-state index is 12.5. The number of benzene rings is 1. The van der Waals surface area contributed by atoms with Gasteiger partial charge in [-0.15, -0.1) is 0 Å². The highest BCUT2D eigenvalue weighted by Gasteiger charge is 2.25. The van der Waals surface area contributed by atoms with Crippen molar-refractivity contribution >= 4 is 27.5 Å². The third kappa shape index (κ3) is 5.52. The number of halogens is 1. The zero-order chi connectivity index (χ0) is 18.7. The van der Waals surface area contributed by atoms with Crippen LogP contribution in [0.1, 0.15) is 36.8 Å². The van der Waals surface area contributed by atoms with Crippen LogP contribution in [0.25, 0.3) is 0 Å². The normalized spacial score (nSPS) is 12.0. The molecule has 25 heavy (non-hydrogen) atoms. The van der Waals surface area contributed by atoms with Crippen molar-refractivity contribution < 1.29 is 13.2 Å². The van der Waals surface area contributed by atoms with Gasteiger partial charge in [0, 0.05) is 17.3 Å². The van der Waals surface area contributed by atoms with E-state index in [1.54, 1.807) is 39.1 Å². The summed E-state index contributed by atoms with van der Waals surface area (Å²) in [4.78, 5) is 16.3. The summed E-state index contributed by atoms with van der Waals surface area (Å²) in [6.45, 7) is 5.41. The second-order valence-electron chi connectivity index (χ2n) is 6.50. The predicted octanol–water partition coefficient (Wildman–Crippen LogP) is 2.74. The summed E-state index contributed by atoms with van der Waals surface area (Å²) in [5.74, 6) is -0.408. The predicted molar refractivity (Wildman–Crippen MR) is 96.9 cm³/mol. The maximum Gasteiger partial charge on any atom is 0.251 e. The van der Waals surface area contributed by atoms with Gasteiger partial charge in [-0.2, -0.15) is 0 Å². The van der Waals surface area contributed by atoms with Crippen molar-refractivity contribution in [2.45, 2.75) is 37.8 Å². The Morgan fingerprint density at radius 3 is 2.52 bits per heavy atom. The standard InChI is InChI=1S/C17H20ClN3O3S/c1-17(2,3)21-25(23,24)15-10-12(7-8-14(15)18)16(22)20-11-13-6-4-5-9-19-13/h4-10,21H,11H2,1-3H3,(H,20,22). The van der Waals surface area contributed by atoms with Crippen LogP contribution in [0.4, 0.5) is 0 Å². The van der Waals surface area contributed by atoms with E-state index in [4.69, 9.17) is 11.6 Å². The first-order valence-corrected chi connectivity index (χ1v) is 9.46. The summed E-state index contributed by atoms with van der Waals surface area (Å²) in [6, 6.07) is 9.53. The number of sulfonamides is 1. The lowest BCUT2D eigenvalue weighted by atomic mass is 10.1. The molecule has 2 aromatic rings. The van der Waals surface area contributed by atoms with E-state index in [9.17, 15) is 13.2 Å². The number of carbonyl (C=O) groups excluding carboxylic acids is 1. The molecule has 0 fully saturated rings. The second-order valence-corrected chi connectivity index (χ2v) is 8.56. The van der Waals surface area contributed by atoms with Gasteiger partial charge in [-0.1, -0.05) is 17.7 Å². The van der Waals surface area contributed by atoms with E-state index >= 15 is 0 Å². The molecule has 0 bridgehead atoms. The molecule has 0 saturated heterocycles. The molecule has 0 aliphatic heterocycles. The van der Waals surface area contributed by atoms with Gasteiger partial charge in [-0.25, -0.2) is 13.1 Å². The smallest absolute Gasteiger partial charge is 0.251 e. The number of rotatable bonds is 5. The van der Waals surface area contributed by atoms with Gasteiger partial charge in [0.25, 0.3) is 5.91 Å². The van der Waals surface area contributed by atoms with Crippen LogP contribution in [0.5, 0.6) is 0 Å². The Balaban J connectivity index is 2.22.